The number of hydrogen-bond acceptors (Lipinski definition) is 3. The van der Waals surface area contributed by atoms with Crippen LogP contribution in [0.15, 0.2) is 52.9 Å². The van der Waals surface area contributed by atoms with Crippen molar-refractivity contribution in [1.82, 2.24) is 5.32 Å². The van der Waals surface area contributed by atoms with Gasteiger partial charge in [-0.25, -0.2) is 0 Å². The van der Waals surface area contributed by atoms with Gasteiger partial charge in [0.2, 0.25) is 11.8 Å². The van der Waals surface area contributed by atoms with E-state index in [0.29, 0.717) is 6.54 Å². The van der Waals surface area contributed by atoms with Gasteiger partial charge in [0.25, 0.3) is 0 Å². The van der Waals surface area contributed by atoms with Crippen LogP contribution in [-0.2, 0) is 21.4 Å². The number of nitrogens with zero attached hydrogens (tertiary/aromatic N) is 1. The maximum absolute atomic E-state index is 13.7. The van der Waals surface area contributed by atoms with Crippen LogP contribution < -0.4 is 10.2 Å². The third-order valence-electron chi connectivity index (χ3n) is 7.15. The van der Waals surface area contributed by atoms with Crippen molar-refractivity contribution in [3.05, 3.63) is 87.9 Å². The molecule has 1 aliphatic carbocycles. The zero-order chi connectivity index (χ0) is 23.3. The number of carbonyl (C=O) groups excluding carboxylic acids is 2. The third kappa shape index (κ3) is 3.75. The fourth-order valence-corrected chi connectivity index (χ4v) is 5.13. The van der Waals surface area contributed by atoms with Gasteiger partial charge in [-0.2, -0.15) is 0 Å². The first-order valence-electron chi connectivity index (χ1n) is 11.6. The molecule has 1 saturated carbocycles. The lowest BCUT2D eigenvalue weighted by atomic mass is 9.91. The quantitative estimate of drug-likeness (QED) is 0.601. The first-order valence-corrected chi connectivity index (χ1v) is 11.6. The second-order valence-corrected chi connectivity index (χ2v) is 9.56. The third-order valence-corrected chi connectivity index (χ3v) is 7.15. The van der Waals surface area contributed by atoms with Crippen LogP contribution in [-0.4, -0.2) is 18.4 Å². The number of benzene rings is 2. The van der Waals surface area contributed by atoms with E-state index in [4.69, 9.17) is 4.42 Å². The summed E-state index contributed by atoms with van der Waals surface area (Å²) in [5.41, 5.74) is 6.01. The summed E-state index contributed by atoms with van der Waals surface area (Å²) in [5, 5.41) is 3.32. The fourth-order valence-electron chi connectivity index (χ4n) is 5.13. The van der Waals surface area contributed by atoms with Crippen molar-refractivity contribution in [2.75, 3.05) is 11.4 Å². The number of anilines is 1. The molecule has 2 heterocycles. The van der Waals surface area contributed by atoms with Gasteiger partial charge in [-0.1, -0.05) is 35.9 Å². The minimum atomic E-state index is -0.517. The van der Waals surface area contributed by atoms with Gasteiger partial charge in [0.05, 0.1) is 5.41 Å². The number of fused-ring (bicyclic) bond motifs is 1. The van der Waals surface area contributed by atoms with Crippen molar-refractivity contribution in [3.8, 4) is 0 Å². The normalized spacial score (nSPS) is 16.9. The van der Waals surface area contributed by atoms with Gasteiger partial charge in [0.1, 0.15) is 17.6 Å². The first kappa shape index (κ1) is 21.5. The highest BCUT2D eigenvalue weighted by Gasteiger charge is 2.52. The largest absolute Gasteiger partial charge is 0.464 e. The Kier molecular flexibility index (Phi) is 5.15. The highest BCUT2D eigenvalue weighted by Crippen LogP contribution is 2.50. The molecule has 0 radical (unpaired) electrons. The summed E-state index contributed by atoms with van der Waals surface area (Å²) in [4.78, 5) is 27.4. The van der Waals surface area contributed by atoms with E-state index in [0.717, 1.165) is 58.7 Å². The molecular formula is C28H30N2O3. The molecule has 2 amide bonds. The van der Waals surface area contributed by atoms with Crippen molar-refractivity contribution < 1.29 is 14.0 Å². The van der Waals surface area contributed by atoms with Crippen molar-refractivity contribution in [2.45, 2.75) is 58.4 Å². The predicted molar refractivity (Wildman–Crippen MR) is 128 cm³/mol. The lowest BCUT2D eigenvalue weighted by Crippen LogP contribution is -2.38. The van der Waals surface area contributed by atoms with Crippen LogP contribution in [0.1, 0.15) is 65.1 Å². The Balaban J connectivity index is 1.46. The van der Waals surface area contributed by atoms with Crippen molar-refractivity contribution in [1.29, 1.82) is 0 Å². The molecule has 1 atom stereocenters. The van der Waals surface area contributed by atoms with Gasteiger partial charge in [-0.15, -0.1) is 0 Å². The molecule has 1 fully saturated rings. The fraction of sp³-hybridized carbons (Fsp3) is 0.357. The Labute approximate surface area is 194 Å². The van der Waals surface area contributed by atoms with Gasteiger partial charge in [-0.3, -0.25) is 9.59 Å². The standard InChI is InChI=1S/C28H30N2O3/c1-17-5-8-23(18(2)15-17)26(25-10-6-19(3)33-25)29-27(32)28(12-13-28)22-7-9-24-21(16-22)11-14-30(24)20(4)31/h5-10,15-16,26H,11-14H2,1-4H3,(H,29,32). The van der Waals surface area contributed by atoms with Gasteiger partial charge in [-0.05, 0) is 80.5 Å². The molecule has 3 aromatic rings. The van der Waals surface area contributed by atoms with E-state index in [1.54, 1.807) is 6.92 Å². The first-order chi connectivity index (χ1) is 15.8. The number of furan rings is 1. The zero-order valence-electron chi connectivity index (χ0n) is 19.7. The van der Waals surface area contributed by atoms with Crippen molar-refractivity contribution in [3.63, 3.8) is 0 Å². The molecule has 0 bridgehead atoms. The zero-order valence-corrected chi connectivity index (χ0v) is 19.7. The SMILES string of the molecule is CC(=O)N1CCc2cc(C3(C(=O)NC(c4ccc(C)o4)c4ccc(C)cc4C)CC3)ccc21. The van der Waals surface area contributed by atoms with Crippen molar-refractivity contribution >= 4 is 17.5 Å². The number of nitrogens with one attached hydrogen (secondary N) is 1. The highest BCUT2D eigenvalue weighted by molar-refractivity contribution is 5.95. The van der Waals surface area contributed by atoms with E-state index in [2.05, 4.69) is 43.4 Å². The molecule has 170 valence electrons. The minimum Gasteiger partial charge on any atom is -0.464 e. The van der Waals surface area contributed by atoms with E-state index in [9.17, 15) is 9.59 Å². The Morgan fingerprint density at radius 3 is 2.45 bits per heavy atom. The minimum absolute atomic E-state index is 0.0305. The molecule has 5 nitrogen and oxygen atoms in total. The Hall–Kier alpha value is -3.34. The topological polar surface area (TPSA) is 62.6 Å². The summed E-state index contributed by atoms with van der Waals surface area (Å²) in [6, 6.07) is 16.0. The Bertz CT molecular complexity index is 1250. The van der Waals surface area contributed by atoms with Crippen LogP contribution in [0, 0.1) is 20.8 Å². The maximum Gasteiger partial charge on any atom is 0.231 e. The lowest BCUT2D eigenvalue weighted by molar-refractivity contribution is -0.124. The molecule has 5 heteroatoms. The lowest BCUT2D eigenvalue weighted by Gasteiger charge is -2.24. The van der Waals surface area contributed by atoms with Crippen LogP contribution in [0.25, 0.3) is 0 Å². The summed E-state index contributed by atoms with van der Waals surface area (Å²) in [5.74, 6) is 1.66. The summed E-state index contributed by atoms with van der Waals surface area (Å²) in [6.07, 6.45) is 2.48. The number of hydrogen-bond donors (Lipinski definition) is 1. The van der Waals surface area contributed by atoms with E-state index in [1.807, 2.05) is 36.1 Å². The molecule has 2 aromatic carbocycles. The molecular weight excluding hydrogens is 412 g/mol. The molecule has 1 aromatic heterocycles. The van der Waals surface area contributed by atoms with Crippen LogP contribution in [0.5, 0.6) is 0 Å². The van der Waals surface area contributed by atoms with Crippen LogP contribution in [0.2, 0.25) is 0 Å². The summed E-state index contributed by atoms with van der Waals surface area (Å²) >= 11 is 0. The molecule has 5 rings (SSSR count). The van der Waals surface area contributed by atoms with Gasteiger partial charge >= 0.3 is 0 Å². The smallest absolute Gasteiger partial charge is 0.231 e. The highest BCUT2D eigenvalue weighted by atomic mass is 16.3. The molecule has 1 aliphatic heterocycles. The number of amides is 2. The molecule has 0 spiro atoms. The summed E-state index contributed by atoms with van der Waals surface area (Å²) in [7, 11) is 0. The predicted octanol–water partition coefficient (Wildman–Crippen LogP) is 5.05. The molecule has 0 saturated heterocycles. The van der Waals surface area contributed by atoms with Crippen LogP contribution in [0.4, 0.5) is 5.69 Å². The maximum atomic E-state index is 13.7. The average Bonchev–Trinajstić information content (AvgIpc) is 3.30. The summed E-state index contributed by atoms with van der Waals surface area (Å²) in [6.45, 7) is 8.37. The molecule has 33 heavy (non-hydrogen) atoms. The second-order valence-electron chi connectivity index (χ2n) is 9.56. The number of rotatable bonds is 5. The van der Waals surface area contributed by atoms with Crippen LogP contribution in [0.3, 0.4) is 0 Å². The van der Waals surface area contributed by atoms with Gasteiger partial charge in [0, 0.05) is 19.2 Å². The van der Waals surface area contributed by atoms with Gasteiger partial charge in [0.15, 0.2) is 0 Å². The van der Waals surface area contributed by atoms with Crippen molar-refractivity contribution in [2.24, 2.45) is 0 Å². The van der Waals surface area contributed by atoms with Gasteiger partial charge < -0.3 is 14.6 Å². The summed E-state index contributed by atoms with van der Waals surface area (Å²) < 4.78 is 5.97. The number of carbonyl (C=O) groups is 2. The van der Waals surface area contributed by atoms with E-state index >= 15 is 0 Å². The Morgan fingerprint density at radius 2 is 1.82 bits per heavy atom. The Morgan fingerprint density at radius 1 is 1.03 bits per heavy atom. The van der Waals surface area contributed by atoms with E-state index in [1.165, 1.54) is 5.56 Å². The average molecular weight is 443 g/mol. The molecule has 1 N–H and O–H groups in total. The van der Waals surface area contributed by atoms with E-state index in [-0.39, 0.29) is 17.9 Å². The monoisotopic (exact) mass is 442 g/mol. The molecule has 1 unspecified atom stereocenters. The number of aryl methyl sites for hydroxylation is 3. The second kappa shape index (κ2) is 7.91. The molecule has 2 aliphatic rings. The van der Waals surface area contributed by atoms with Crippen LogP contribution >= 0.6 is 0 Å². The van der Waals surface area contributed by atoms with E-state index < -0.39 is 5.41 Å².